The number of fused-ring (bicyclic) bond motifs is 2. The first-order chi connectivity index (χ1) is 20.1. The maximum atomic E-state index is 11.1. The molecular formula is C30H30ClN7O3. The van der Waals surface area contributed by atoms with Crippen molar-refractivity contribution in [2.75, 3.05) is 45.2 Å². The molecule has 41 heavy (non-hydrogen) atoms. The number of nitrogens with one attached hydrogen (secondary N) is 1. The topological polar surface area (TPSA) is 107 Å². The van der Waals surface area contributed by atoms with Crippen LogP contribution < -0.4 is 10.1 Å². The summed E-state index contributed by atoms with van der Waals surface area (Å²) in [6.45, 7) is 3.44. The lowest BCUT2D eigenvalue weighted by molar-refractivity contribution is -0.111. The number of carbonyl (C=O) groups excluding carboxylic acids is 1. The second-order valence-electron chi connectivity index (χ2n) is 9.91. The van der Waals surface area contributed by atoms with Crippen molar-refractivity contribution < 1.29 is 14.3 Å². The summed E-state index contributed by atoms with van der Waals surface area (Å²) in [5.74, 6) is 1.49. The fourth-order valence-electron chi connectivity index (χ4n) is 5.22. The molecule has 11 heteroatoms. The van der Waals surface area contributed by atoms with Gasteiger partial charge in [0.1, 0.15) is 30.0 Å². The van der Waals surface area contributed by atoms with E-state index in [0.717, 1.165) is 45.4 Å². The van der Waals surface area contributed by atoms with Crippen molar-refractivity contribution in [1.82, 2.24) is 29.4 Å². The molecule has 210 valence electrons. The molecule has 1 unspecified atom stereocenters. The molecule has 1 saturated heterocycles. The second kappa shape index (κ2) is 12.2. The molecule has 0 aliphatic carbocycles. The predicted octanol–water partition coefficient (Wildman–Crippen LogP) is 4.31. The van der Waals surface area contributed by atoms with E-state index in [4.69, 9.17) is 26.1 Å². The van der Waals surface area contributed by atoms with Crippen LogP contribution in [0.5, 0.6) is 5.75 Å². The van der Waals surface area contributed by atoms with Gasteiger partial charge in [0.15, 0.2) is 11.5 Å². The number of aldehydes is 1. The number of rotatable bonds is 10. The number of carbonyl (C=O) groups is 1. The maximum Gasteiger partial charge on any atom is 0.165 e. The van der Waals surface area contributed by atoms with Crippen LogP contribution >= 0.6 is 11.6 Å². The SMILES string of the molecule is COc1ccc(Cn2cnc3c(NCCc4cc5cccc(Cl)c5c(C5CN(CC=O)CCO5)n4)ncnc32)cc1. The first kappa shape index (κ1) is 27.1. The van der Waals surface area contributed by atoms with Crippen molar-refractivity contribution in [1.29, 1.82) is 0 Å². The van der Waals surface area contributed by atoms with Crippen LogP contribution in [0.15, 0.2) is 61.2 Å². The first-order valence-electron chi connectivity index (χ1n) is 13.5. The molecule has 6 rings (SSSR count). The average Bonchev–Trinajstić information content (AvgIpc) is 3.41. The van der Waals surface area contributed by atoms with Gasteiger partial charge in [-0.05, 0) is 35.2 Å². The lowest BCUT2D eigenvalue weighted by atomic mass is 10.0. The molecule has 0 bridgehead atoms. The molecule has 4 heterocycles. The Morgan fingerprint density at radius 2 is 2.05 bits per heavy atom. The summed E-state index contributed by atoms with van der Waals surface area (Å²) in [5.41, 5.74) is 4.31. The summed E-state index contributed by atoms with van der Waals surface area (Å²) in [6.07, 6.45) is 4.65. The second-order valence-corrected chi connectivity index (χ2v) is 10.3. The first-order valence-corrected chi connectivity index (χ1v) is 13.9. The van der Waals surface area contributed by atoms with Gasteiger partial charge in [0.2, 0.25) is 0 Å². The van der Waals surface area contributed by atoms with E-state index in [1.54, 1.807) is 19.8 Å². The highest BCUT2D eigenvalue weighted by Gasteiger charge is 2.26. The van der Waals surface area contributed by atoms with Crippen LogP contribution in [0.2, 0.25) is 5.02 Å². The van der Waals surface area contributed by atoms with E-state index in [-0.39, 0.29) is 6.10 Å². The fraction of sp³-hybridized carbons (Fsp3) is 0.300. The van der Waals surface area contributed by atoms with Crippen LogP contribution in [0.25, 0.3) is 21.9 Å². The Bertz CT molecular complexity index is 1670. The molecule has 1 fully saturated rings. The quantitative estimate of drug-likeness (QED) is 0.245. The normalized spacial score (nSPS) is 15.8. The number of hydrogen-bond acceptors (Lipinski definition) is 9. The highest BCUT2D eigenvalue weighted by Crippen LogP contribution is 2.33. The molecule has 10 nitrogen and oxygen atoms in total. The molecule has 1 aliphatic heterocycles. The largest absolute Gasteiger partial charge is 0.497 e. The molecule has 1 N–H and O–H groups in total. The summed E-state index contributed by atoms with van der Waals surface area (Å²) >= 11 is 6.63. The number of ether oxygens (including phenoxy) is 2. The van der Waals surface area contributed by atoms with Crippen molar-refractivity contribution in [2.45, 2.75) is 19.1 Å². The zero-order valence-electron chi connectivity index (χ0n) is 22.7. The third-order valence-electron chi connectivity index (χ3n) is 7.26. The van der Waals surface area contributed by atoms with E-state index in [1.165, 1.54) is 0 Å². The highest BCUT2D eigenvalue weighted by atomic mass is 35.5. The minimum Gasteiger partial charge on any atom is -0.497 e. The smallest absolute Gasteiger partial charge is 0.165 e. The molecule has 0 saturated carbocycles. The third kappa shape index (κ3) is 5.85. The molecule has 1 aliphatic rings. The van der Waals surface area contributed by atoms with Crippen molar-refractivity contribution >= 4 is 45.6 Å². The van der Waals surface area contributed by atoms with Crippen LogP contribution in [0.1, 0.15) is 23.1 Å². The monoisotopic (exact) mass is 571 g/mol. The molecule has 1 atom stereocenters. The summed E-state index contributed by atoms with van der Waals surface area (Å²) in [6, 6.07) is 15.9. The predicted molar refractivity (Wildman–Crippen MR) is 158 cm³/mol. The number of aromatic nitrogens is 5. The Labute approximate surface area is 242 Å². The van der Waals surface area contributed by atoms with Crippen molar-refractivity contribution in [2.24, 2.45) is 0 Å². The summed E-state index contributed by atoms with van der Waals surface area (Å²) < 4.78 is 13.4. The minimum atomic E-state index is -0.268. The fourth-order valence-corrected chi connectivity index (χ4v) is 5.49. The summed E-state index contributed by atoms with van der Waals surface area (Å²) in [7, 11) is 1.66. The zero-order chi connectivity index (χ0) is 28.2. The summed E-state index contributed by atoms with van der Waals surface area (Å²) in [4.78, 5) is 31.7. The van der Waals surface area contributed by atoms with Gasteiger partial charge >= 0.3 is 0 Å². The Morgan fingerprint density at radius 1 is 1.17 bits per heavy atom. The molecular weight excluding hydrogens is 542 g/mol. The molecule has 2 aromatic carbocycles. The zero-order valence-corrected chi connectivity index (χ0v) is 23.4. The lowest BCUT2D eigenvalue weighted by Gasteiger charge is -2.32. The van der Waals surface area contributed by atoms with Crippen molar-refractivity contribution in [3.05, 3.63) is 83.2 Å². The van der Waals surface area contributed by atoms with E-state index < -0.39 is 0 Å². The Balaban J connectivity index is 1.20. The van der Waals surface area contributed by atoms with Gasteiger partial charge in [-0.1, -0.05) is 35.9 Å². The van der Waals surface area contributed by atoms with Gasteiger partial charge in [0.05, 0.1) is 43.9 Å². The number of nitrogens with zero attached hydrogens (tertiary/aromatic N) is 6. The number of hydrogen-bond donors (Lipinski definition) is 1. The number of halogens is 1. The molecule has 0 radical (unpaired) electrons. The standard InChI is InChI=1S/C30H30ClN7O3/c1-40-23-7-5-20(6-8-23)16-38-19-35-28-29(33-18-34-30(28)38)32-10-9-22-15-21-3-2-4-24(31)26(21)27(36-22)25-17-37(11-13-39)12-14-41-25/h2-8,13,15,18-19,25H,9-12,14,16-17H2,1H3,(H,32,33,34). The van der Waals surface area contributed by atoms with Gasteiger partial charge in [-0.3, -0.25) is 9.88 Å². The maximum absolute atomic E-state index is 11.1. The van der Waals surface area contributed by atoms with Gasteiger partial charge in [-0.2, -0.15) is 0 Å². The number of benzene rings is 2. The van der Waals surface area contributed by atoms with Crippen molar-refractivity contribution in [3.8, 4) is 5.75 Å². The van der Waals surface area contributed by atoms with Crippen LogP contribution in [0.4, 0.5) is 5.82 Å². The Morgan fingerprint density at radius 3 is 2.88 bits per heavy atom. The average molecular weight is 572 g/mol. The van der Waals surface area contributed by atoms with E-state index in [0.29, 0.717) is 62.1 Å². The Kier molecular flexibility index (Phi) is 8.04. The van der Waals surface area contributed by atoms with Gasteiger partial charge in [0, 0.05) is 37.1 Å². The minimum absolute atomic E-state index is 0.268. The van der Waals surface area contributed by atoms with Gasteiger partial charge in [0.25, 0.3) is 0 Å². The van der Waals surface area contributed by atoms with Crippen LogP contribution in [-0.2, 0) is 22.5 Å². The van der Waals surface area contributed by atoms with Crippen LogP contribution in [0.3, 0.4) is 0 Å². The van der Waals surface area contributed by atoms with Crippen LogP contribution in [0, 0.1) is 0 Å². The molecule has 0 amide bonds. The van der Waals surface area contributed by atoms with E-state index >= 15 is 0 Å². The van der Waals surface area contributed by atoms with E-state index in [9.17, 15) is 4.79 Å². The van der Waals surface area contributed by atoms with Gasteiger partial charge in [-0.15, -0.1) is 0 Å². The number of pyridine rings is 1. The van der Waals surface area contributed by atoms with E-state index in [2.05, 4.69) is 31.2 Å². The number of morpholine rings is 1. The number of anilines is 1. The number of methoxy groups -OCH3 is 1. The number of imidazole rings is 1. The lowest BCUT2D eigenvalue weighted by Crippen LogP contribution is -2.39. The molecule has 3 aromatic heterocycles. The van der Waals surface area contributed by atoms with Gasteiger partial charge in [-0.25, -0.2) is 15.0 Å². The molecule has 0 spiro atoms. The van der Waals surface area contributed by atoms with Gasteiger partial charge < -0.3 is 24.2 Å². The Hall–Kier alpha value is -4.12. The highest BCUT2D eigenvalue weighted by molar-refractivity contribution is 6.35. The van der Waals surface area contributed by atoms with E-state index in [1.807, 2.05) is 47.0 Å². The van der Waals surface area contributed by atoms with Crippen molar-refractivity contribution in [3.63, 3.8) is 0 Å². The van der Waals surface area contributed by atoms with Crippen LogP contribution in [-0.4, -0.2) is 75.6 Å². The molecule has 5 aromatic rings. The third-order valence-corrected chi connectivity index (χ3v) is 7.58. The summed E-state index contributed by atoms with van der Waals surface area (Å²) in [5, 5.41) is 5.96.